The van der Waals surface area contributed by atoms with E-state index in [2.05, 4.69) is 25.7 Å². The van der Waals surface area contributed by atoms with Crippen molar-refractivity contribution in [1.82, 2.24) is 25.7 Å². The van der Waals surface area contributed by atoms with Gasteiger partial charge in [-0.15, -0.1) is 5.10 Å². The van der Waals surface area contributed by atoms with Gasteiger partial charge in [0.05, 0.1) is 11.6 Å². The highest BCUT2D eigenvalue weighted by Crippen LogP contribution is 2.23. The van der Waals surface area contributed by atoms with Crippen LogP contribution in [0.25, 0.3) is 11.5 Å². The predicted molar refractivity (Wildman–Crippen MR) is 65.0 cm³/mol. The van der Waals surface area contributed by atoms with Gasteiger partial charge in [-0.1, -0.05) is 5.16 Å². The summed E-state index contributed by atoms with van der Waals surface area (Å²) in [4.78, 5) is 15.4. The Morgan fingerprint density at radius 1 is 1.37 bits per heavy atom. The van der Waals surface area contributed by atoms with Crippen LogP contribution in [0.4, 0.5) is 0 Å². The molecule has 1 amide bonds. The fourth-order valence-electron chi connectivity index (χ4n) is 1.97. The van der Waals surface area contributed by atoms with Crippen molar-refractivity contribution in [1.29, 1.82) is 0 Å². The van der Waals surface area contributed by atoms with Crippen molar-refractivity contribution in [2.75, 3.05) is 6.54 Å². The molecule has 0 radical (unpaired) electrons. The molecule has 2 aromatic heterocycles. The maximum atomic E-state index is 11.1. The van der Waals surface area contributed by atoms with Crippen LogP contribution in [0.1, 0.15) is 30.3 Å². The van der Waals surface area contributed by atoms with E-state index in [0.717, 1.165) is 12.1 Å². The van der Waals surface area contributed by atoms with Crippen molar-refractivity contribution < 1.29 is 9.32 Å². The lowest BCUT2D eigenvalue weighted by Crippen LogP contribution is -2.33. The van der Waals surface area contributed by atoms with Crippen LogP contribution in [0.15, 0.2) is 16.7 Å². The molecule has 3 rings (SSSR count). The summed E-state index contributed by atoms with van der Waals surface area (Å²) in [5, 5.41) is 14.7. The Kier molecular flexibility index (Phi) is 2.94. The van der Waals surface area contributed by atoms with Crippen molar-refractivity contribution in [3.8, 4) is 11.5 Å². The van der Waals surface area contributed by atoms with E-state index in [-0.39, 0.29) is 11.8 Å². The second kappa shape index (κ2) is 4.75. The van der Waals surface area contributed by atoms with Crippen LogP contribution >= 0.6 is 0 Å². The smallest absolute Gasteiger partial charge is 0.231 e. The number of aryl methyl sites for hydroxylation is 1. The zero-order valence-electron chi connectivity index (χ0n) is 10.5. The number of piperidine rings is 1. The first-order valence-corrected chi connectivity index (χ1v) is 6.13. The van der Waals surface area contributed by atoms with E-state index in [4.69, 9.17) is 4.52 Å². The zero-order chi connectivity index (χ0) is 13.2. The molecule has 0 bridgehead atoms. The van der Waals surface area contributed by atoms with Crippen molar-refractivity contribution >= 4 is 5.91 Å². The number of nitrogens with zero attached hydrogens (tertiary/aromatic N) is 4. The van der Waals surface area contributed by atoms with Gasteiger partial charge in [-0.3, -0.25) is 4.79 Å². The van der Waals surface area contributed by atoms with Crippen molar-refractivity contribution in [2.24, 2.45) is 0 Å². The highest BCUT2D eigenvalue weighted by atomic mass is 16.5. The summed E-state index contributed by atoms with van der Waals surface area (Å²) >= 11 is 0. The third kappa shape index (κ3) is 2.44. The van der Waals surface area contributed by atoms with Gasteiger partial charge < -0.3 is 9.84 Å². The SMILES string of the molecule is Cc1ccc(-c2noc([C@H]3CCC(=O)NC3)n2)nn1. The molecule has 0 spiro atoms. The fraction of sp³-hybridized carbons (Fsp3) is 0.417. The molecule has 7 heteroatoms. The molecule has 1 saturated heterocycles. The van der Waals surface area contributed by atoms with Crippen molar-refractivity contribution in [3.05, 3.63) is 23.7 Å². The van der Waals surface area contributed by atoms with Gasteiger partial charge in [-0.2, -0.15) is 10.1 Å². The molecule has 1 N–H and O–H groups in total. The predicted octanol–water partition coefficient (Wildman–Crippen LogP) is 0.829. The number of nitrogens with one attached hydrogen (secondary N) is 1. The molecule has 2 aromatic rings. The molecule has 1 aliphatic rings. The molecule has 1 fully saturated rings. The van der Waals surface area contributed by atoms with Gasteiger partial charge in [-0.25, -0.2) is 0 Å². The average Bonchev–Trinajstić information content (AvgIpc) is 2.90. The third-order valence-electron chi connectivity index (χ3n) is 3.08. The maximum Gasteiger partial charge on any atom is 0.231 e. The standard InChI is InChI=1S/C12H13N5O2/c1-7-2-4-9(16-15-7)11-14-12(19-17-11)8-3-5-10(18)13-6-8/h2,4,8H,3,5-6H2,1H3,(H,13,18)/t8-/m0/s1. The zero-order valence-corrected chi connectivity index (χ0v) is 10.5. The first-order valence-electron chi connectivity index (χ1n) is 6.13. The van der Waals surface area contributed by atoms with Gasteiger partial charge >= 0.3 is 0 Å². The van der Waals surface area contributed by atoms with E-state index < -0.39 is 0 Å². The van der Waals surface area contributed by atoms with E-state index in [1.165, 1.54) is 0 Å². The third-order valence-corrected chi connectivity index (χ3v) is 3.08. The molecular formula is C12H13N5O2. The van der Waals surface area contributed by atoms with E-state index in [9.17, 15) is 4.79 Å². The number of aromatic nitrogens is 4. The van der Waals surface area contributed by atoms with Crippen LogP contribution in [-0.4, -0.2) is 32.8 Å². The number of carbonyl (C=O) groups excluding carboxylic acids is 1. The fourth-order valence-corrected chi connectivity index (χ4v) is 1.97. The molecule has 19 heavy (non-hydrogen) atoms. The van der Waals surface area contributed by atoms with Crippen LogP contribution in [0.3, 0.4) is 0 Å². The Hall–Kier alpha value is -2.31. The molecule has 7 nitrogen and oxygen atoms in total. The molecule has 3 heterocycles. The Morgan fingerprint density at radius 2 is 2.26 bits per heavy atom. The molecule has 1 aliphatic heterocycles. The summed E-state index contributed by atoms with van der Waals surface area (Å²) in [6, 6.07) is 3.65. The van der Waals surface area contributed by atoms with E-state index >= 15 is 0 Å². The molecule has 0 aromatic carbocycles. The molecule has 1 atom stereocenters. The second-order valence-electron chi connectivity index (χ2n) is 4.56. The summed E-state index contributed by atoms with van der Waals surface area (Å²) in [5.41, 5.74) is 1.42. The number of hydrogen-bond donors (Lipinski definition) is 1. The molecule has 98 valence electrons. The summed E-state index contributed by atoms with van der Waals surface area (Å²) in [5.74, 6) is 1.12. The lowest BCUT2D eigenvalue weighted by Gasteiger charge is -2.18. The van der Waals surface area contributed by atoms with Gasteiger partial charge in [0.15, 0.2) is 0 Å². The normalized spacial score (nSPS) is 19.2. The minimum Gasteiger partial charge on any atom is -0.355 e. The van der Waals surface area contributed by atoms with E-state index in [1.54, 1.807) is 6.07 Å². The first-order chi connectivity index (χ1) is 9.22. The molecular weight excluding hydrogens is 246 g/mol. The topological polar surface area (TPSA) is 93.8 Å². The summed E-state index contributed by atoms with van der Waals surface area (Å²) < 4.78 is 5.24. The Labute approximate surface area is 109 Å². The van der Waals surface area contributed by atoms with E-state index in [0.29, 0.717) is 30.4 Å². The monoisotopic (exact) mass is 259 g/mol. The van der Waals surface area contributed by atoms with Crippen LogP contribution in [-0.2, 0) is 4.79 Å². The highest BCUT2D eigenvalue weighted by molar-refractivity contribution is 5.76. The quantitative estimate of drug-likeness (QED) is 0.858. The molecule has 0 aliphatic carbocycles. The van der Waals surface area contributed by atoms with Crippen LogP contribution < -0.4 is 5.32 Å². The molecule has 0 saturated carbocycles. The summed E-state index contributed by atoms with van der Waals surface area (Å²) in [6.07, 6.45) is 1.22. The largest absolute Gasteiger partial charge is 0.355 e. The second-order valence-corrected chi connectivity index (χ2v) is 4.56. The number of hydrogen-bond acceptors (Lipinski definition) is 6. The average molecular weight is 259 g/mol. The van der Waals surface area contributed by atoms with Crippen LogP contribution in [0.2, 0.25) is 0 Å². The van der Waals surface area contributed by atoms with Crippen LogP contribution in [0, 0.1) is 6.92 Å². The Bertz CT molecular complexity index is 582. The summed E-state index contributed by atoms with van der Waals surface area (Å²) in [7, 11) is 0. The number of rotatable bonds is 2. The number of carbonyl (C=O) groups is 1. The summed E-state index contributed by atoms with van der Waals surface area (Å²) in [6.45, 7) is 2.41. The van der Waals surface area contributed by atoms with Crippen molar-refractivity contribution in [2.45, 2.75) is 25.7 Å². The van der Waals surface area contributed by atoms with Gasteiger partial charge in [0.2, 0.25) is 17.6 Å². The Morgan fingerprint density at radius 3 is 2.95 bits per heavy atom. The maximum absolute atomic E-state index is 11.1. The minimum atomic E-state index is 0.0698. The highest BCUT2D eigenvalue weighted by Gasteiger charge is 2.25. The van der Waals surface area contributed by atoms with Gasteiger partial charge in [0.25, 0.3) is 0 Å². The van der Waals surface area contributed by atoms with Gasteiger partial charge in [0, 0.05) is 13.0 Å². The van der Waals surface area contributed by atoms with Gasteiger partial charge in [-0.05, 0) is 25.5 Å². The Balaban J connectivity index is 1.79. The number of amides is 1. The van der Waals surface area contributed by atoms with Crippen molar-refractivity contribution in [3.63, 3.8) is 0 Å². The lowest BCUT2D eigenvalue weighted by molar-refractivity contribution is -0.122. The minimum absolute atomic E-state index is 0.0698. The first kappa shape index (κ1) is 11.8. The lowest BCUT2D eigenvalue weighted by atomic mass is 9.99. The molecule has 0 unspecified atom stereocenters. The van der Waals surface area contributed by atoms with E-state index in [1.807, 2.05) is 13.0 Å². The van der Waals surface area contributed by atoms with Gasteiger partial charge in [0.1, 0.15) is 5.69 Å². The van der Waals surface area contributed by atoms with Crippen LogP contribution in [0.5, 0.6) is 0 Å².